The Bertz CT molecular complexity index is 693. The lowest BCUT2D eigenvalue weighted by molar-refractivity contribution is 0.0789. The van der Waals surface area contributed by atoms with E-state index in [1.807, 2.05) is 0 Å². The van der Waals surface area contributed by atoms with Crippen molar-refractivity contribution in [3.05, 3.63) is 53.7 Å². The fourth-order valence-electron chi connectivity index (χ4n) is 3.25. The normalized spacial score (nSPS) is 15.9. The van der Waals surface area contributed by atoms with E-state index in [0.29, 0.717) is 18.1 Å². The summed E-state index contributed by atoms with van der Waals surface area (Å²) >= 11 is 0. The lowest BCUT2D eigenvalue weighted by Gasteiger charge is -2.34. The Morgan fingerprint density at radius 1 is 1.12 bits per heavy atom. The third-order valence-corrected chi connectivity index (χ3v) is 4.75. The lowest BCUT2D eigenvalue weighted by atomic mass is 10.2. The van der Waals surface area contributed by atoms with Crippen molar-refractivity contribution in [2.75, 3.05) is 39.8 Å². The van der Waals surface area contributed by atoms with Gasteiger partial charge in [-0.1, -0.05) is 37.3 Å². The number of aromatic nitrogens is 1. The minimum Gasteiger partial charge on any atom is -0.447 e. The highest BCUT2D eigenvalue weighted by Gasteiger charge is 2.20. The molecular weight excluding hydrogens is 328 g/mol. The monoisotopic (exact) mass is 356 g/mol. The molecule has 0 saturated carbocycles. The van der Waals surface area contributed by atoms with Crippen LogP contribution in [-0.4, -0.2) is 65.4 Å². The molecule has 0 unspecified atom stereocenters. The highest BCUT2D eigenvalue weighted by molar-refractivity contribution is 5.91. The van der Waals surface area contributed by atoms with Crippen LogP contribution >= 0.6 is 0 Å². The van der Waals surface area contributed by atoms with Gasteiger partial charge in [0.15, 0.2) is 5.69 Å². The lowest BCUT2D eigenvalue weighted by Crippen LogP contribution is -2.45. The molecule has 6 nitrogen and oxygen atoms in total. The van der Waals surface area contributed by atoms with Crippen molar-refractivity contribution in [2.45, 2.75) is 26.4 Å². The minimum absolute atomic E-state index is 0.0745. The zero-order chi connectivity index (χ0) is 18.4. The summed E-state index contributed by atoms with van der Waals surface area (Å²) in [7, 11) is 1.80. The maximum Gasteiger partial charge on any atom is 0.275 e. The SMILES string of the molecule is CCCN(C)C(=O)c1coc(CN2CCN(Cc3ccccc3)CC2)n1. The molecule has 1 fully saturated rings. The van der Waals surface area contributed by atoms with Crippen LogP contribution in [0.4, 0.5) is 0 Å². The van der Waals surface area contributed by atoms with Gasteiger partial charge >= 0.3 is 0 Å². The summed E-state index contributed by atoms with van der Waals surface area (Å²) in [5.41, 5.74) is 1.76. The van der Waals surface area contributed by atoms with Gasteiger partial charge in [0.2, 0.25) is 5.89 Å². The molecule has 1 aromatic heterocycles. The molecule has 0 bridgehead atoms. The molecule has 0 aliphatic carbocycles. The molecular formula is C20H28N4O2. The number of oxazole rings is 1. The standard InChI is InChI=1S/C20H28N4O2/c1-3-9-22(2)20(25)18-16-26-19(21-18)15-24-12-10-23(11-13-24)14-17-7-5-4-6-8-17/h4-8,16H,3,9-15H2,1-2H3. The fraction of sp³-hybridized carbons (Fsp3) is 0.500. The van der Waals surface area contributed by atoms with Crippen LogP contribution in [-0.2, 0) is 13.1 Å². The van der Waals surface area contributed by atoms with E-state index in [9.17, 15) is 4.79 Å². The number of carbonyl (C=O) groups is 1. The van der Waals surface area contributed by atoms with Crippen LogP contribution in [0.1, 0.15) is 35.3 Å². The summed E-state index contributed by atoms with van der Waals surface area (Å²) in [6.07, 6.45) is 2.41. The van der Waals surface area contributed by atoms with Gasteiger partial charge in [0.05, 0.1) is 6.54 Å². The van der Waals surface area contributed by atoms with Gasteiger partial charge < -0.3 is 9.32 Å². The molecule has 1 aromatic carbocycles. The molecule has 1 amide bonds. The van der Waals surface area contributed by atoms with Crippen LogP contribution in [0.25, 0.3) is 0 Å². The van der Waals surface area contributed by atoms with E-state index in [1.165, 1.54) is 11.8 Å². The van der Waals surface area contributed by atoms with Crippen molar-refractivity contribution in [1.29, 1.82) is 0 Å². The second-order valence-corrected chi connectivity index (χ2v) is 6.89. The summed E-state index contributed by atoms with van der Waals surface area (Å²) in [5.74, 6) is 0.546. The Kier molecular flexibility index (Phi) is 6.41. The summed E-state index contributed by atoms with van der Waals surface area (Å²) in [5, 5.41) is 0. The zero-order valence-corrected chi connectivity index (χ0v) is 15.7. The van der Waals surface area contributed by atoms with Crippen LogP contribution in [0.2, 0.25) is 0 Å². The number of hydrogen-bond donors (Lipinski definition) is 0. The van der Waals surface area contributed by atoms with Crippen LogP contribution in [0.5, 0.6) is 0 Å². The van der Waals surface area contributed by atoms with Crippen molar-refractivity contribution in [1.82, 2.24) is 19.7 Å². The Hall–Kier alpha value is -2.18. The van der Waals surface area contributed by atoms with Gasteiger partial charge in [-0.25, -0.2) is 4.98 Å². The summed E-state index contributed by atoms with van der Waals surface area (Å²) in [6, 6.07) is 10.6. The smallest absolute Gasteiger partial charge is 0.275 e. The zero-order valence-electron chi connectivity index (χ0n) is 15.7. The van der Waals surface area contributed by atoms with Crippen molar-refractivity contribution in [3.8, 4) is 0 Å². The first kappa shape index (κ1) is 18.6. The largest absolute Gasteiger partial charge is 0.447 e. The average Bonchev–Trinajstić information content (AvgIpc) is 3.12. The van der Waals surface area contributed by atoms with Crippen molar-refractivity contribution in [2.24, 2.45) is 0 Å². The van der Waals surface area contributed by atoms with Gasteiger partial charge in [0, 0.05) is 46.3 Å². The first-order chi connectivity index (χ1) is 12.7. The molecule has 1 saturated heterocycles. The van der Waals surface area contributed by atoms with Gasteiger partial charge in [0.25, 0.3) is 5.91 Å². The van der Waals surface area contributed by atoms with E-state index in [0.717, 1.165) is 45.7 Å². The second kappa shape index (κ2) is 8.96. The second-order valence-electron chi connectivity index (χ2n) is 6.89. The Labute approximate surface area is 155 Å². The predicted octanol–water partition coefficient (Wildman–Crippen LogP) is 2.47. The number of nitrogens with zero attached hydrogens (tertiary/aromatic N) is 4. The molecule has 0 N–H and O–H groups in total. The fourth-order valence-corrected chi connectivity index (χ4v) is 3.25. The quantitative estimate of drug-likeness (QED) is 0.763. The van der Waals surface area contributed by atoms with E-state index in [-0.39, 0.29) is 5.91 Å². The molecule has 1 aliphatic heterocycles. The van der Waals surface area contributed by atoms with Gasteiger partial charge in [-0.15, -0.1) is 0 Å². The topological polar surface area (TPSA) is 52.8 Å². The molecule has 6 heteroatoms. The van der Waals surface area contributed by atoms with E-state index in [2.05, 4.69) is 52.0 Å². The Morgan fingerprint density at radius 3 is 2.42 bits per heavy atom. The molecule has 0 atom stereocenters. The maximum atomic E-state index is 12.2. The van der Waals surface area contributed by atoms with Gasteiger partial charge in [-0.05, 0) is 12.0 Å². The van der Waals surface area contributed by atoms with Crippen molar-refractivity contribution < 1.29 is 9.21 Å². The van der Waals surface area contributed by atoms with Crippen LogP contribution in [0, 0.1) is 0 Å². The highest BCUT2D eigenvalue weighted by Crippen LogP contribution is 2.12. The average molecular weight is 356 g/mol. The maximum absolute atomic E-state index is 12.2. The third kappa shape index (κ3) is 4.93. The molecule has 0 radical (unpaired) electrons. The molecule has 2 heterocycles. The number of carbonyl (C=O) groups excluding carboxylic acids is 1. The van der Waals surface area contributed by atoms with Crippen LogP contribution < -0.4 is 0 Å². The number of piperazine rings is 1. The van der Waals surface area contributed by atoms with Gasteiger partial charge in [-0.3, -0.25) is 14.6 Å². The number of rotatable bonds is 7. The summed E-state index contributed by atoms with van der Waals surface area (Å²) in [6.45, 7) is 8.45. The molecule has 1 aliphatic rings. The van der Waals surface area contributed by atoms with Gasteiger partial charge in [0.1, 0.15) is 6.26 Å². The Balaban J connectivity index is 1.47. The molecule has 26 heavy (non-hydrogen) atoms. The minimum atomic E-state index is -0.0745. The van der Waals surface area contributed by atoms with E-state index in [4.69, 9.17) is 4.42 Å². The van der Waals surface area contributed by atoms with Crippen molar-refractivity contribution >= 4 is 5.91 Å². The van der Waals surface area contributed by atoms with Gasteiger partial charge in [-0.2, -0.15) is 0 Å². The van der Waals surface area contributed by atoms with E-state index >= 15 is 0 Å². The Morgan fingerprint density at radius 2 is 1.77 bits per heavy atom. The highest BCUT2D eigenvalue weighted by atomic mass is 16.3. The molecule has 3 rings (SSSR count). The summed E-state index contributed by atoms with van der Waals surface area (Å²) < 4.78 is 5.53. The molecule has 2 aromatic rings. The first-order valence-corrected chi connectivity index (χ1v) is 9.34. The molecule has 0 spiro atoms. The molecule has 140 valence electrons. The first-order valence-electron chi connectivity index (χ1n) is 9.34. The van der Waals surface area contributed by atoms with Crippen LogP contribution in [0.15, 0.2) is 41.0 Å². The number of amides is 1. The number of benzene rings is 1. The predicted molar refractivity (Wildman–Crippen MR) is 101 cm³/mol. The third-order valence-electron chi connectivity index (χ3n) is 4.75. The number of hydrogen-bond acceptors (Lipinski definition) is 5. The van der Waals surface area contributed by atoms with E-state index < -0.39 is 0 Å². The van der Waals surface area contributed by atoms with Crippen molar-refractivity contribution in [3.63, 3.8) is 0 Å². The summed E-state index contributed by atoms with van der Waals surface area (Å²) in [4.78, 5) is 23.1. The van der Waals surface area contributed by atoms with E-state index in [1.54, 1.807) is 11.9 Å². The van der Waals surface area contributed by atoms with Crippen LogP contribution in [0.3, 0.4) is 0 Å².